The fourth-order valence-electron chi connectivity index (χ4n) is 1.39. The topological polar surface area (TPSA) is 66.5 Å². The molecule has 0 aliphatic rings. The zero-order valence-electron chi connectivity index (χ0n) is 9.22. The molecule has 1 aromatic rings. The third-order valence-corrected chi connectivity index (χ3v) is 2.40. The molecule has 0 unspecified atom stereocenters. The van der Waals surface area contributed by atoms with E-state index in [1.165, 1.54) is 6.07 Å². The second kappa shape index (κ2) is 6.03. The van der Waals surface area contributed by atoms with Gasteiger partial charge in [0.25, 0.3) is 0 Å². The summed E-state index contributed by atoms with van der Waals surface area (Å²) in [5.74, 6) is -0.625. The van der Waals surface area contributed by atoms with Crippen molar-refractivity contribution in [2.24, 2.45) is 11.7 Å². The number of phenols is 1. The molecule has 0 heterocycles. The van der Waals surface area contributed by atoms with Gasteiger partial charge in [0.2, 0.25) is 0 Å². The Labute approximate surface area is 101 Å². The highest BCUT2D eigenvalue weighted by atomic mass is 35.5. The second-order valence-corrected chi connectivity index (χ2v) is 3.96. The summed E-state index contributed by atoms with van der Waals surface area (Å²) in [4.78, 5) is 0. The molecular formula is C11H17ClFNO2. The van der Waals surface area contributed by atoms with Crippen LogP contribution in [0.15, 0.2) is 18.2 Å². The molecular weight excluding hydrogens is 233 g/mol. The molecule has 4 N–H and O–H groups in total. The standard InChI is InChI=1S/C11H16FNO2.ClH/c1-6(2)11(15)10(13)8-5-7(12)3-4-9(8)14;/h3-6,10-11,14-15H,13H2,1-2H3;1H/t10-,11+;/m0./s1. The monoisotopic (exact) mass is 249 g/mol. The number of aliphatic hydroxyl groups excluding tert-OH is 1. The van der Waals surface area contributed by atoms with Crippen LogP contribution >= 0.6 is 12.4 Å². The minimum Gasteiger partial charge on any atom is -0.508 e. The lowest BCUT2D eigenvalue weighted by molar-refractivity contribution is 0.0969. The van der Waals surface area contributed by atoms with Gasteiger partial charge in [-0.15, -0.1) is 12.4 Å². The molecule has 0 aromatic heterocycles. The van der Waals surface area contributed by atoms with Crippen molar-refractivity contribution in [3.05, 3.63) is 29.6 Å². The first-order valence-corrected chi connectivity index (χ1v) is 4.85. The third-order valence-electron chi connectivity index (χ3n) is 2.40. The summed E-state index contributed by atoms with van der Waals surface area (Å²) < 4.78 is 12.9. The van der Waals surface area contributed by atoms with E-state index in [1.807, 2.05) is 0 Å². The predicted octanol–water partition coefficient (Wildman–Crippen LogP) is 1.97. The van der Waals surface area contributed by atoms with Gasteiger partial charge in [0.15, 0.2) is 0 Å². The van der Waals surface area contributed by atoms with Crippen molar-refractivity contribution in [2.75, 3.05) is 0 Å². The van der Waals surface area contributed by atoms with Gasteiger partial charge >= 0.3 is 0 Å². The number of aliphatic hydroxyl groups is 1. The van der Waals surface area contributed by atoms with Gasteiger partial charge in [-0.3, -0.25) is 0 Å². The Morgan fingerprint density at radius 3 is 2.38 bits per heavy atom. The maximum absolute atomic E-state index is 12.9. The molecule has 1 rings (SSSR count). The summed E-state index contributed by atoms with van der Waals surface area (Å²) in [7, 11) is 0. The zero-order chi connectivity index (χ0) is 11.6. The second-order valence-electron chi connectivity index (χ2n) is 3.96. The van der Waals surface area contributed by atoms with E-state index < -0.39 is 18.0 Å². The van der Waals surface area contributed by atoms with Crippen LogP contribution in [-0.2, 0) is 0 Å². The number of rotatable bonds is 3. The van der Waals surface area contributed by atoms with E-state index in [9.17, 15) is 14.6 Å². The maximum atomic E-state index is 12.9. The summed E-state index contributed by atoms with van der Waals surface area (Å²) in [6.45, 7) is 3.61. The van der Waals surface area contributed by atoms with Crippen molar-refractivity contribution < 1.29 is 14.6 Å². The molecule has 0 radical (unpaired) electrons. The molecule has 0 aliphatic heterocycles. The average Bonchev–Trinajstić information content (AvgIpc) is 2.19. The van der Waals surface area contributed by atoms with Crippen LogP contribution < -0.4 is 5.73 Å². The lowest BCUT2D eigenvalue weighted by atomic mass is 9.94. The molecule has 3 nitrogen and oxygen atoms in total. The van der Waals surface area contributed by atoms with Crippen LogP contribution in [0, 0.1) is 11.7 Å². The zero-order valence-corrected chi connectivity index (χ0v) is 10.0. The summed E-state index contributed by atoms with van der Waals surface area (Å²) in [6.07, 6.45) is -0.808. The van der Waals surface area contributed by atoms with Gasteiger partial charge in [-0.25, -0.2) is 4.39 Å². The Kier molecular flexibility index (Phi) is 5.72. The number of phenolic OH excluding ortho intramolecular Hbond substituents is 1. The summed E-state index contributed by atoms with van der Waals surface area (Å²) in [6, 6.07) is 2.75. The number of hydrogen-bond acceptors (Lipinski definition) is 3. The van der Waals surface area contributed by atoms with Gasteiger partial charge in [0.05, 0.1) is 12.1 Å². The van der Waals surface area contributed by atoms with Crippen LogP contribution in [-0.4, -0.2) is 16.3 Å². The normalized spacial score (nSPS) is 14.4. The Balaban J connectivity index is 0.00000225. The largest absolute Gasteiger partial charge is 0.508 e. The lowest BCUT2D eigenvalue weighted by Gasteiger charge is -2.23. The maximum Gasteiger partial charge on any atom is 0.123 e. The van der Waals surface area contributed by atoms with Crippen molar-refractivity contribution in [3.63, 3.8) is 0 Å². The minimum atomic E-state index is -0.808. The van der Waals surface area contributed by atoms with Gasteiger partial charge in [0, 0.05) is 5.56 Å². The first kappa shape index (κ1) is 15.2. The fourth-order valence-corrected chi connectivity index (χ4v) is 1.39. The van der Waals surface area contributed by atoms with Crippen molar-refractivity contribution in [1.82, 2.24) is 0 Å². The molecule has 16 heavy (non-hydrogen) atoms. The smallest absolute Gasteiger partial charge is 0.123 e. The molecule has 0 bridgehead atoms. The molecule has 92 valence electrons. The summed E-state index contributed by atoms with van der Waals surface area (Å²) >= 11 is 0. The highest BCUT2D eigenvalue weighted by Crippen LogP contribution is 2.27. The molecule has 0 fully saturated rings. The van der Waals surface area contributed by atoms with Crippen molar-refractivity contribution >= 4 is 12.4 Å². The van der Waals surface area contributed by atoms with Gasteiger partial charge in [-0.1, -0.05) is 13.8 Å². The molecule has 0 spiro atoms. The van der Waals surface area contributed by atoms with Crippen LogP contribution in [0.4, 0.5) is 4.39 Å². The van der Waals surface area contributed by atoms with Crippen molar-refractivity contribution in [1.29, 1.82) is 0 Å². The van der Waals surface area contributed by atoms with Crippen molar-refractivity contribution in [3.8, 4) is 5.75 Å². The van der Waals surface area contributed by atoms with E-state index >= 15 is 0 Å². The average molecular weight is 250 g/mol. The van der Waals surface area contributed by atoms with E-state index in [0.717, 1.165) is 12.1 Å². The molecule has 1 aromatic carbocycles. The molecule has 0 saturated carbocycles. The number of halogens is 2. The predicted molar refractivity (Wildman–Crippen MR) is 63.1 cm³/mol. The van der Waals surface area contributed by atoms with Crippen LogP contribution in [0.25, 0.3) is 0 Å². The SMILES string of the molecule is CC(C)[C@@H](O)[C@@H](N)c1cc(F)ccc1O.Cl. The van der Waals surface area contributed by atoms with E-state index in [1.54, 1.807) is 13.8 Å². The minimum absolute atomic E-state index is 0. The number of aromatic hydroxyl groups is 1. The molecule has 0 amide bonds. The Bertz CT molecular complexity index is 347. The number of hydrogen-bond donors (Lipinski definition) is 3. The molecule has 5 heteroatoms. The van der Waals surface area contributed by atoms with Gasteiger partial charge in [-0.2, -0.15) is 0 Å². The highest BCUT2D eigenvalue weighted by molar-refractivity contribution is 5.85. The molecule has 2 atom stereocenters. The van der Waals surface area contributed by atoms with E-state index in [2.05, 4.69) is 0 Å². The quantitative estimate of drug-likeness (QED) is 0.767. The highest BCUT2D eigenvalue weighted by Gasteiger charge is 2.22. The van der Waals surface area contributed by atoms with Crippen LogP contribution in [0.2, 0.25) is 0 Å². The van der Waals surface area contributed by atoms with E-state index in [4.69, 9.17) is 5.73 Å². The molecule has 0 aliphatic carbocycles. The first-order valence-electron chi connectivity index (χ1n) is 4.85. The van der Waals surface area contributed by atoms with Crippen LogP contribution in [0.1, 0.15) is 25.5 Å². The molecule has 0 saturated heterocycles. The lowest BCUT2D eigenvalue weighted by Crippen LogP contribution is -2.30. The van der Waals surface area contributed by atoms with Gasteiger partial charge in [-0.05, 0) is 24.1 Å². The Hall–Kier alpha value is -0.840. The van der Waals surface area contributed by atoms with Crippen LogP contribution in [0.5, 0.6) is 5.75 Å². The van der Waals surface area contributed by atoms with Crippen LogP contribution in [0.3, 0.4) is 0 Å². The number of benzene rings is 1. The number of nitrogens with two attached hydrogens (primary N) is 1. The van der Waals surface area contributed by atoms with E-state index in [0.29, 0.717) is 0 Å². The summed E-state index contributed by atoms with van der Waals surface area (Å²) in [5, 5.41) is 19.2. The Morgan fingerprint density at radius 1 is 1.31 bits per heavy atom. The third kappa shape index (κ3) is 3.33. The van der Waals surface area contributed by atoms with Gasteiger partial charge < -0.3 is 15.9 Å². The van der Waals surface area contributed by atoms with E-state index in [-0.39, 0.29) is 29.6 Å². The Morgan fingerprint density at radius 2 is 1.88 bits per heavy atom. The fraction of sp³-hybridized carbons (Fsp3) is 0.455. The van der Waals surface area contributed by atoms with Gasteiger partial charge in [0.1, 0.15) is 11.6 Å². The van der Waals surface area contributed by atoms with Crippen molar-refractivity contribution in [2.45, 2.75) is 26.0 Å². The summed E-state index contributed by atoms with van der Waals surface area (Å²) in [5.41, 5.74) is 5.97. The first-order chi connectivity index (χ1) is 6.93.